The van der Waals surface area contributed by atoms with E-state index < -0.39 is 0 Å². The van der Waals surface area contributed by atoms with E-state index in [1.54, 1.807) is 0 Å². The highest BCUT2D eigenvalue weighted by Crippen LogP contribution is 2.29. The SMILES string of the molecule is c1ccc(-c2ccccc2N2CCNCC2)nc1. The van der Waals surface area contributed by atoms with Crippen molar-refractivity contribution in [3.8, 4) is 11.3 Å². The summed E-state index contributed by atoms with van der Waals surface area (Å²) in [7, 11) is 0. The van der Waals surface area contributed by atoms with Gasteiger partial charge in [-0.3, -0.25) is 4.98 Å². The van der Waals surface area contributed by atoms with E-state index >= 15 is 0 Å². The van der Waals surface area contributed by atoms with Crippen molar-refractivity contribution in [2.45, 2.75) is 0 Å². The molecule has 1 aromatic heterocycles. The second kappa shape index (κ2) is 5.19. The predicted octanol–water partition coefficient (Wildman–Crippen LogP) is 2.16. The molecule has 3 rings (SSSR count). The summed E-state index contributed by atoms with van der Waals surface area (Å²) < 4.78 is 0. The Morgan fingerprint density at radius 3 is 2.50 bits per heavy atom. The van der Waals surface area contributed by atoms with Gasteiger partial charge in [0.05, 0.1) is 5.69 Å². The summed E-state index contributed by atoms with van der Waals surface area (Å²) in [5.74, 6) is 0. The molecule has 0 unspecified atom stereocenters. The van der Waals surface area contributed by atoms with Crippen LogP contribution in [0.2, 0.25) is 0 Å². The summed E-state index contributed by atoms with van der Waals surface area (Å²) in [6, 6.07) is 14.6. The monoisotopic (exact) mass is 239 g/mol. The standard InChI is InChI=1S/C15H17N3/c1-2-7-15(18-11-9-16-10-12-18)13(5-1)14-6-3-4-8-17-14/h1-8,16H,9-12H2. The molecule has 0 bridgehead atoms. The lowest BCUT2D eigenvalue weighted by Crippen LogP contribution is -2.43. The Hall–Kier alpha value is -1.87. The van der Waals surface area contributed by atoms with E-state index in [0.29, 0.717) is 0 Å². The van der Waals surface area contributed by atoms with Crippen molar-refractivity contribution in [1.82, 2.24) is 10.3 Å². The van der Waals surface area contributed by atoms with Crippen LogP contribution in [0, 0.1) is 0 Å². The predicted molar refractivity (Wildman–Crippen MR) is 74.8 cm³/mol. The molecule has 2 aromatic rings. The van der Waals surface area contributed by atoms with Crippen molar-refractivity contribution in [3.05, 3.63) is 48.7 Å². The third kappa shape index (κ3) is 2.22. The molecule has 92 valence electrons. The van der Waals surface area contributed by atoms with Gasteiger partial charge < -0.3 is 10.2 Å². The fourth-order valence-corrected chi connectivity index (χ4v) is 2.39. The average Bonchev–Trinajstić information content (AvgIpc) is 2.49. The van der Waals surface area contributed by atoms with Crippen LogP contribution in [0.25, 0.3) is 11.3 Å². The van der Waals surface area contributed by atoms with Gasteiger partial charge in [0.2, 0.25) is 0 Å². The topological polar surface area (TPSA) is 28.2 Å². The second-order valence-electron chi connectivity index (χ2n) is 4.47. The zero-order valence-electron chi connectivity index (χ0n) is 10.3. The van der Waals surface area contributed by atoms with Gasteiger partial charge in [-0.05, 0) is 18.2 Å². The first-order chi connectivity index (χ1) is 8.95. The van der Waals surface area contributed by atoms with Crippen molar-refractivity contribution in [1.29, 1.82) is 0 Å². The van der Waals surface area contributed by atoms with E-state index in [1.165, 1.54) is 11.3 Å². The molecular formula is C15H17N3. The molecule has 18 heavy (non-hydrogen) atoms. The quantitative estimate of drug-likeness (QED) is 0.870. The van der Waals surface area contributed by atoms with Gasteiger partial charge in [-0.1, -0.05) is 24.3 Å². The fraction of sp³-hybridized carbons (Fsp3) is 0.267. The minimum Gasteiger partial charge on any atom is -0.368 e. The van der Waals surface area contributed by atoms with Gasteiger partial charge in [0, 0.05) is 43.6 Å². The van der Waals surface area contributed by atoms with Crippen LogP contribution in [-0.4, -0.2) is 31.2 Å². The average molecular weight is 239 g/mol. The van der Waals surface area contributed by atoms with Crippen molar-refractivity contribution in [2.24, 2.45) is 0 Å². The third-order valence-corrected chi connectivity index (χ3v) is 3.30. The van der Waals surface area contributed by atoms with E-state index in [9.17, 15) is 0 Å². The maximum atomic E-state index is 4.46. The van der Waals surface area contributed by atoms with Gasteiger partial charge in [-0.15, -0.1) is 0 Å². The lowest BCUT2D eigenvalue weighted by atomic mass is 10.1. The Morgan fingerprint density at radius 2 is 1.72 bits per heavy atom. The van der Waals surface area contributed by atoms with Crippen molar-refractivity contribution in [2.75, 3.05) is 31.1 Å². The van der Waals surface area contributed by atoms with Crippen LogP contribution >= 0.6 is 0 Å². The van der Waals surface area contributed by atoms with Crippen LogP contribution in [0.15, 0.2) is 48.7 Å². The first-order valence-corrected chi connectivity index (χ1v) is 6.41. The summed E-state index contributed by atoms with van der Waals surface area (Å²) in [6.45, 7) is 4.22. The van der Waals surface area contributed by atoms with Gasteiger partial charge in [-0.25, -0.2) is 0 Å². The number of rotatable bonds is 2. The Bertz CT molecular complexity index is 504. The lowest BCUT2D eigenvalue weighted by molar-refractivity contribution is 0.589. The van der Waals surface area contributed by atoms with E-state index in [-0.39, 0.29) is 0 Å². The van der Waals surface area contributed by atoms with Crippen LogP contribution in [0.4, 0.5) is 5.69 Å². The van der Waals surface area contributed by atoms with Crippen LogP contribution in [0.5, 0.6) is 0 Å². The second-order valence-corrected chi connectivity index (χ2v) is 4.47. The van der Waals surface area contributed by atoms with E-state index in [4.69, 9.17) is 0 Å². The summed E-state index contributed by atoms with van der Waals surface area (Å²) in [5, 5.41) is 3.39. The Kier molecular flexibility index (Phi) is 3.24. The normalized spacial score (nSPS) is 15.7. The van der Waals surface area contributed by atoms with Crippen LogP contribution in [-0.2, 0) is 0 Å². The number of pyridine rings is 1. The molecule has 0 radical (unpaired) electrons. The molecule has 3 heteroatoms. The largest absolute Gasteiger partial charge is 0.368 e. The number of piperazine rings is 1. The first kappa shape index (κ1) is 11.2. The molecule has 0 saturated carbocycles. The highest BCUT2D eigenvalue weighted by atomic mass is 15.2. The number of aromatic nitrogens is 1. The summed E-state index contributed by atoms with van der Waals surface area (Å²) in [5.41, 5.74) is 3.56. The summed E-state index contributed by atoms with van der Waals surface area (Å²) in [4.78, 5) is 6.89. The number of anilines is 1. The molecule has 1 aliphatic heterocycles. The highest BCUT2D eigenvalue weighted by molar-refractivity contribution is 5.76. The maximum Gasteiger partial charge on any atom is 0.0722 e. The smallest absolute Gasteiger partial charge is 0.0722 e. The number of benzene rings is 1. The molecule has 0 aliphatic carbocycles. The van der Waals surface area contributed by atoms with E-state index in [0.717, 1.165) is 31.9 Å². The molecule has 1 fully saturated rings. The van der Waals surface area contributed by atoms with Gasteiger partial charge in [-0.2, -0.15) is 0 Å². The molecule has 3 nitrogen and oxygen atoms in total. The molecule has 0 atom stereocenters. The molecule has 0 amide bonds. The number of hydrogen-bond donors (Lipinski definition) is 1. The molecule has 1 aromatic carbocycles. The molecule has 1 saturated heterocycles. The molecule has 0 spiro atoms. The molecule has 2 heterocycles. The number of nitrogens with one attached hydrogen (secondary N) is 1. The Labute approximate surface area is 107 Å². The van der Waals surface area contributed by atoms with E-state index in [1.807, 2.05) is 18.3 Å². The lowest BCUT2D eigenvalue weighted by Gasteiger charge is -2.31. The highest BCUT2D eigenvalue weighted by Gasteiger charge is 2.14. The molecule has 1 N–H and O–H groups in total. The van der Waals surface area contributed by atoms with Gasteiger partial charge >= 0.3 is 0 Å². The zero-order valence-corrected chi connectivity index (χ0v) is 10.3. The van der Waals surface area contributed by atoms with Crippen LogP contribution in [0.3, 0.4) is 0 Å². The first-order valence-electron chi connectivity index (χ1n) is 6.41. The minimum absolute atomic E-state index is 1.05. The number of hydrogen-bond acceptors (Lipinski definition) is 3. The van der Waals surface area contributed by atoms with E-state index in [2.05, 4.69) is 45.5 Å². The third-order valence-electron chi connectivity index (χ3n) is 3.30. The van der Waals surface area contributed by atoms with Crippen molar-refractivity contribution < 1.29 is 0 Å². The van der Waals surface area contributed by atoms with Crippen molar-refractivity contribution in [3.63, 3.8) is 0 Å². The fourth-order valence-electron chi connectivity index (χ4n) is 2.39. The summed E-state index contributed by atoms with van der Waals surface area (Å²) >= 11 is 0. The molecule has 1 aliphatic rings. The Balaban J connectivity index is 1.99. The molecular weight excluding hydrogens is 222 g/mol. The van der Waals surface area contributed by atoms with Gasteiger partial charge in [0.25, 0.3) is 0 Å². The van der Waals surface area contributed by atoms with Gasteiger partial charge in [0.15, 0.2) is 0 Å². The minimum atomic E-state index is 1.05. The summed E-state index contributed by atoms with van der Waals surface area (Å²) in [6.07, 6.45) is 1.85. The maximum absolute atomic E-state index is 4.46. The zero-order chi connectivity index (χ0) is 12.2. The number of nitrogens with zero attached hydrogens (tertiary/aromatic N) is 2. The Morgan fingerprint density at radius 1 is 0.944 bits per heavy atom. The van der Waals surface area contributed by atoms with Crippen molar-refractivity contribution >= 4 is 5.69 Å². The van der Waals surface area contributed by atoms with Gasteiger partial charge in [0.1, 0.15) is 0 Å². The number of para-hydroxylation sites is 1. The van der Waals surface area contributed by atoms with Crippen LogP contribution in [0.1, 0.15) is 0 Å². The van der Waals surface area contributed by atoms with Crippen LogP contribution < -0.4 is 10.2 Å².